The summed E-state index contributed by atoms with van der Waals surface area (Å²) in [5, 5.41) is 9.02. The average molecular weight is 274 g/mol. The molecule has 0 spiro atoms. The highest BCUT2D eigenvalue weighted by Gasteiger charge is 2.16. The Balaban J connectivity index is 1.88. The van der Waals surface area contributed by atoms with Gasteiger partial charge < -0.3 is 14.4 Å². The Bertz CT molecular complexity index is 591. The third kappa shape index (κ3) is 3.17. The van der Waals surface area contributed by atoms with E-state index >= 15 is 0 Å². The molecule has 0 radical (unpaired) electrons. The molecule has 0 aliphatic carbocycles. The van der Waals surface area contributed by atoms with Crippen LogP contribution in [-0.2, 0) is 13.5 Å². The molecule has 0 fully saturated rings. The van der Waals surface area contributed by atoms with Crippen LogP contribution in [0.2, 0.25) is 0 Å². The zero-order valence-electron chi connectivity index (χ0n) is 11.7. The predicted molar refractivity (Wildman–Crippen MR) is 75.2 cm³/mol. The van der Waals surface area contributed by atoms with Crippen LogP contribution < -0.4 is 4.74 Å². The Kier molecular flexibility index (Phi) is 4.40. The number of aromatic carboxylic acids is 1. The summed E-state index contributed by atoms with van der Waals surface area (Å²) in [6, 6.07) is 9.62. The van der Waals surface area contributed by atoms with E-state index in [-0.39, 0.29) is 5.69 Å². The normalized spacial score (nSPS) is 10.5. The van der Waals surface area contributed by atoms with Crippen LogP contribution in [-0.4, -0.2) is 27.2 Å². The number of benzene rings is 1. The minimum Gasteiger partial charge on any atom is -0.494 e. The molecule has 0 unspecified atom stereocenters. The van der Waals surface area contributed by atoms with Crippen molar-refractivity contribution in [2.24, 2.45) is 7.05 Å². The Morgan fingerprint density at radius 3 is 2.65 bits per heavy atom. The van der Waals surface area contributed by atoms with Gasteiger partial charge >= 0.3 is 5.97 Å². The van der Waals surface area contributed by atoms with Gasteiger partial charge in [-0.2, -0.15) is 0 Å². The molecular formula is C15H18N2O3. The second-order valence-electron chi connectivity index (χ2n) is 4.59. The van der Waals surface area contributed by atoms with Crippen LogP contribution in [0.1, 0.15) is 28.4 Å². The lowest BCUT2D eigenvalue weighted by atomic mass is 10.3. The number of para-hydroxylation sites is 1. The fourth-order valence-electron chi connectivity index (χ4n) is 2.00. The zero-order chi connectivity index (χ0) is 14.5. The molecule has 0 aliphatic rings. The predicted octanol–water partition coefficient (Wildman–Crippen LogP) is 2.44. The zero-order valence-corrected chi connectivity index (χ0v) is 11.7. The molecule has 0 atom stereocenters. The first-order chi connectivity index (χ1) is 9.59. The van der Waals surface area contributed by atoms with Crippen LogP contribution in [0, 0.1) is 6.92 Å². The monoisotopic (exact) mass is 274 g/mol. The van der Waals surface area contributed by atoms with Crippen molar-refractivity contribution in [3.8, 4) is 5.75 Å². The highest BCUT2D eigenvalue weighted by atomic mass is 16.5. The maximum Gasteiger partial charge on any atom is 0.356 e. The van der Waals surface area contributed by atoms with Gasteiger partial charge in [-0.3, -0.25) is 0 Å². The van der Waals surface area contributed by atoms with E-state index in [0.29, 0.717) is 18.7 Å². The van der Waals surface area contributed by atoms with Crippen molar-refractivity contribution in [1.82, 2.24) is 9.55 Å². The van der Waals surface area contributed by atoms with Gasteiger partial charge in [0.15, 0.2) is 5.69 Å². The number of ether oxygens (including phenoxy) is 1. The molecule has 0 amide bonds. The first kappa shape index (κ1) is 14.1. The summed E-state index contributed by atoms with van der Waals surface area (Å²) in [4.78, 5) is 15.2. The molecule has 0 saturated heterocycles. The van der Waals surface area contributed by atoms with Crippen LogP contribution in [0.4, 0.5) is 0 Å². The summed E-state index contributed by atoms with van der Waals surface area (Å²) in [6.07, 6.45) is 1.48. The molecule has 5 nitrogen and oxygen atoms in total. The first-order valence-electron chi connectivity index (χ1n) is 6.53. The Morgan fingerprint density at radius 2 is 2.05 bits per heavy atom. The van der Waals surface area contributed by atoms with Crippen molar-refractivity contribution >= 4 is 5.97 Å². The number of hydrogen-bond donors (Lipinski definition) is 1. The first-order valence-corrected chi connectivity index (χ1v) is 6.53. The molecule has 2 aromatic rings. The van der Waals surface area contributed by atoms with Gasteiger partial charge in [-0.05, 0) is 25.5 Å². The van der Waals surface area contributed by atoms with Gasteiger partial charge in [0.1, 0.15) is 11.6 Å². The standard InChI is InChI=1S/C15H18N2O3/c1-11-14(15(18)19)16-13(17(11)2)9-6-10-20-12-7-4-3-5-8-12/h3-5,7-8H,6,9-10H2,1-2H3,(H,18,19). The Labute approximate surface area is 117 Å². The van der Waals surface area contributed by atoms with E-state index in [9.17, 15) is 4.79 Å². The van der Waals surface area contributed by atoms with Crippen molar-refractivity contribution in [2.75, 3.05) is 6.61 Å². The van der Waals surface area contributed by atoms with Crippen LogP contribution >= 0.6 is 0 Å². The summed E-state index contributed by atoms with van der Waals surface area (Å²) < 4.78 is 7.42. The second kappa shape index (κ2) is 6.23. The summed E-state index contributed by atoms with van der Waals surface area (Å²) in [7, 11) is 1.84. The lowest BCUT2D eigenvalue weighted by Crippen LogP contribution is -2.04. The van der Waals surface area contributed by atoms with Crippen molar-refractivity contribution in [1.29, 1.82) is 0 Å². The molecule has 106 valence electrons. The van der Waals surface area contributed by atoms with Gasteiger partial charge in [-0.15, -0.1) is 0 Å². The van der Waals surface area contributed by atoms with Crippen molar-refractivity contribution < 1.29 is 14.6 Å². The average Bonchev–Trinajstić information content (AvgIpc) is 2.73. The van der Waals surface area contributed by atoms with Gasteiger partial charge in [0, 0.05) is 19.2 Å². The second-order valence-corrected chi connectivity index (χ2v) is 4.59. The molecule has 2 rings (SSSR count). The van der Waals surface area contributed by atoms with Gasteiger partial charge in [0.2, 0.25) is 0 Å². The van der Waals surface area contributed by atoms with E-state index < -0.39 is 5.97 Å². The highest BCUT2D eigenvalue weighted by molar-refractivity contribution is 5.86. The van der Waals surface area contributed by atoms with E-state index in [1.54, 1.807) is 6.92 Å². The lowest BCUT2D eigenvalue weighted by Gasteiger charge is -2.06. The van der Waals surface area contributed by atoms with Gasteiger partial charge in [-0.1, -0.05) is 18.2 Å². The Hall–Kier alpha value is -2.30. The molecule has 20 heavy (non-hydrogen) atoms. The van der Waals surface area contributed by atoms with E-state index in [1.807, 2.05) is 41.9 Å². The third-order valence-electron chi connectivity index (χ3n) is 3.23. The molecule has 0 aliphatic heterocycles. The number of aryl methyl sites for hydroxylation is 1. The van der Waals surface area contributed by atoms with Crippen molar-refractivity contribution in [3.63, 3.8) is 0 Å². The van der Waals surface area contributed by atoms with Crippen LogP contribution in [0.5, 0.6) is 5.75 Å². The summed E-state index contributed by atoms with van der Waals surface area (Å²) in [6.45, 7) is 2.35. The summed E-state index contributed by atoms with van der Waals surface area (Å²) in [5.41, 5.74) is 0.808. The molecule has 0 bridgehead atoms. The SMILES string of the molecule is Cc1c(C(=O)O)nc(CCCOc2ccccc2)n1C. The molecule has 1 aromatic heterocycles. The maximum atomic E-state index is 11.0. The van der Waals surface area contributed by atoms with Crippen LogP contribution in [0.3, 0.4) is 0 Å². The fourth-order valence-corrected chi connectivity index (χ4v) is 2.00. The molecule has 0 saturated carbocycles. The molecule has 1 aromatic carbocycles. The van der Waals surface area contributed by atoms with Gasteiger partial charge in [-0.25, -0.2) is 9.78 Å². The van der Waals surface area contributed by atoms with E-state index in [2.05, 4.69) is 4.98 Å². The fraction of sp³-hybridized carbons (Fsp3) is 0.333. The smallest absolute Gasteiger partial charge is 0.356 e. The lowest BCUT2D eigenvalue weighted by molar-refractivity contribution is 0.0690. The van der Waals surface area contributed by atoms with Crippen molar-refractivity contribution in [3.05, 3.63) is 47.5 Å². The topological polar surface area (TPSA) is 64.3 Å². The number of hydrogen-bond acceptors (Lipinski definition) is 3. The highest BCUT2D eigenvalue weighted by Crippen LogP contribution is 2.12. The molecule has 1 N–H and O–H groups in total. The van der Waals surface area contributed by atoms with Crippen LogP contribution in [0.25, 0.3) is 0 Å². The molecule has 5 heteroatoms. The minimum absolute atomic E-state index is 0.131. The number of carboxylic acid groups (broad SMARTS) is 1. The third-order valence-corrected chi connectivity index (χ3v) is 3.23. The minimum atomic E-state index is -0.982. The number of aromatic nitrogens is 2. The van der Waals surface area contributed by atoms with E-state index in [4.69, 9.17) is 9.84 Å². The number of carbonyl (C=O) groups is 1. The number of carboxylic acids is 1. The largest absolute Gasteiger partial charge is 0.494 e. The summed E-state index contributed by atoms with van der Waals surface area (Å²) in [5.74, 6) is 0.635. The quantitative estimate of drug-likeness (QED) is 0.822. The molecular weight excluding hydrogens is 256 g/mol. The van der Waals surface area contributed by atoms with E-state index in [1.165, 1.54) is 0 Å². The van der Waals surface area contributed by atoms with E-state index in [0.717, 1.165) is 18.0 Å². The van der Waals surface area contributed by atoms with Gasteiger partial charge in [0.25, 0.3) is 0 Å². The number of nitrogens with zero attached hydrogens (tertiary/aromatic N) is 2. The summed E-state index contributed by atoms with van der Waals surface area (Å²) >= 11 is 0. The maximum absolute atomic E-state index is 11.0. The number of rotatable bonds is 6. The number of imidazole rings is 1. The molecule has 1 heterocycles. The Morgan fingerprint density at radius 1 is 1.35 bits per heavy atom. The van der Waals surface area contributed by atoms with Crippen LogP contribution in [0.15, 0.2) is 30.3 Å². The van der Waals surface area contributed by atoms with Crippen molar-refractivity contribution in [2.45, 2.75) is 19.8 Å². The van der Waals surface area contributed by atoms with Gasteiger partial charge in [0.05, 0.1) is 6.61 Å².